The van der Waals surface area contributed by atoms with Gasteiger partial charge in [-0.15, -0.1) is 11.3 Å². The molecule has 5 heteroatoms. The highest BCUT2D eigenvalue weighted by Crippen LogP contribution is 2.23. The van der Waals surface area contributed by atoms with Crippen molar-refractivity contribution in [2.24, 2.45) is 0 Å². The van der Waals surface area contributed by atoms with Crippen molar-refractivity contribution in [1.29, 1.82) is 0 Å². The Balaban J connectivity index is 1.64. The third-order valence-electron chi connectivity index (χ3n) is 4.53. The van der Waals surface area contributed by atoms with E-state index in [1.807, 2.05) is 62.4 Å². The third-order valence-corrected chi connectivity index (χ3v) is 5.66. The highest BCUT2D eigenvalue weighted by molar-refractivity contribution is 7.13. The van der Waals surface area contributed by atoms with Gasteiger partial charge in [0.15, 0.2) is 0 Å². The first-order chi connectivity index (χ1) is 12.9. The predicted octanol–water partition coefficient (Wildman–Crippen LogP) is 5.14. The van der Waals surface area contributed by atoms with Crippen molar-refractivity contribution in [2.75, 3.05) is 0 Å². The van der Waals surface area contributed by atoms with Crippen LogP contribution in [-0.4, -0.2) is 10.9 Å². The fraction of sp³-hybridized carbons (Fsp3) is 0.273. The molecule has 0 aliphatic rings. The third kappa shape index (κ3) is 4.74. The van der Waals surface area contributed by atoms with Gasteiger partial charge >= 0.3 is 0 Å². The van der Waals surface area contributed by atoms with Gasteiger partial charge in [0.25, 0.3) is 5.91 Å². The molecule has 1 N–H and O–H groups in total. The molecule has 0 radical (unpaired) electrons. The molecule has 1 atom stereocenters. The molecule has 0 aliphatic carbocycles. The van der Waals surface area contributed by atoms with Crippen LogP contribution in [0, 0.1) is 20.8 Å². The lowest BCUT2D eigenvalue weighted by Gasteiger charge is -2.13. The summed E-state index contributed by atoms with van der Waals surface area (Å²) < 4.78 is 5.84. The van der Waals surface area contributed by atoms with Crippen molar-refractivity contribution >= 4 is 17.2 Å². The first kappa shape index (κ1) is 19.1. The predicted molar refractivity (Wildman–Crippen MR) is 109 cm³/mol. The number of aromatic nitrogens is 1. The van der Waals surface area contributed by atoms with E-state index >= 15 is 0 Å². The van der Waals surface area contributed by atoms with Gasteiger partial charge in [-0.2, -0.15) is 0 Å². The van der Waals surface area contributed by atoms with Crippen LogP contribution in [0.4, 0.5) is 0 Å². The fourth-order valence-electron chi connectivity index (χ4n) is 2.76. The van der Waals surface area contributed by atoms with Gasteiger partial charge in [0.05, 0.1) is 11.7 Å². The molecule has 1 heterocycles. The molecule has 0 unspecified atom stereocenters. The van der Waals surface area contributed by atoms with Crippen molar-refractivity contribution in [2.45, 2.75) is 40.3 Å². The van der Waals surface area contributed by atoms with E-state index in [9.17, 15) is 4.79 Å². The quantitative estimate of drug-likeness (QED) is 0.644. The Morgan fingerprint density at radius 2 is 1.85 bits per heavy atom. The number of ether oxygens (including phenoxy) is 1. The van der Waals surface area contributed by atoms with Crippen molar-refractivity contribution in [3.8, 4) is 5.75 Å². The molecule has 4 nitrogen and oxygen atoms in total. The van der Waals surface area contributed by atoms with Gasteiger partial charge in [-0.25, -0.2) is 4.98 Å². The van der Waals surface area contributed by atoms with Crippen LogP contribution in [0.15, 0.2) is 48.5 Å². The van der Waals surface area contributed by atoms with Gasteiger partial charge < -0.3 is 10.1 Å². The second-order valence-corrected chi connectivity index (χ2v) is 7.75. The van der Waals surface area contributed by atoms with Crippen molar-refractivity contribution in [1.82, 2.24) is 10.3 Å². The Hall–Kier alpha value is -2.66. The number of hydrogen-bond donors (Lipinski definition) is 1. The lowest BCUT2D eigenvalue weighted by molar-refractivity contribution is 0.0943. The Labute approximate surface area is 164 Å². The number of aryl methyl sites for hydroxylation is 3. The molecule has 0 saturated heterocycles. The number of amides is 1. The SMILES string of the molecule is Cc1ccc(OCc2nc(C)c(C(=O)N[C@@H](C)c3ccccc3)s2)cc1C. The van der Waals surface area contributed by atoms with Crippen LogP contribution in [0.25, 0.3) is 0 Å². The molecule has 140 valence electrons. The number of nitrogens with zero attached hydrogens (tertiary/aromatic N) is 1. The van der Waals surface area contributed by atoms with Crippen LogP contribution in [0.1, 0.15) is 50.0 Å². The summed E-state index contributed by atoms with van der Waals surface area (Å²) in [5.74, 6) is 0.716. The molecule has 3 rings (SSSR count). The van der Waals surface area contributed by atoms with Crippen molar-refractivity contribution in [3.63, 3.8) is 0 Å². The highest BCUT2D eigenvalue weighted by Gasteiger charge is 2.18. The zero-order valence-electron chi connectivity index (χ0n) is 16.1. The van der Waals surface area contributed by atoms with E-state index in [1.54, 1.807) is 0 Å². The summed E-state index contributed by atoms with van der Waals surface area (Å²) in [6.07, 6.45) is 0. The Morgan fingerprint density at radius 1 is 1.11 bits per heavy atom. The number of thiazole rings is 1. The summed E-state index contributed by atoms with van der Waals surface area (Å²) in [6.45, 7) is 8.33. The zero-order valence-corrected chi connectivity index (χ0v) is 16.9. The second kappa shape index (κ2) is 8.35. The van der Waals surface area contributed by atoms with E-state index in [4.69, 9.17) is 4.74 Å². The average molecular weight is 381 g/mol. The molecule has 0 fully saturated rings. The molecule has 0 aliphatic heterocycles. The normalized spacial score (nSPS) is 11.9. The van der Waals surface area contributed by atoms with E-state index in [0.717, 1.165) is 22.0 Å². The molecule has 27 heavy (non-hydrogen) atoms. The van der Waals surface area contributed by atoms with Gasteiger partial charge in [0.2, 0.25) is 0 Å². The summed E-state index contributed by atoms with van der Waals surface area (Å²) >= 11 is 1.38. The van der Waals surface area contributed by atoms with E-state index in [1.165, 1.54) is 22.5 Å². The first-order valence-corrected chi connectivity index (χ1v) is 9.78. The molecular weight excluding hydrogens is 356 g/mol. The summed E-state index contributed by atoms with van der Waals surface area (Å²) in [5.41, 5.74) is 4.24. The van der Waals surface area contributed by atoms with Crippen LogP contribution >= 0.6 is 11.3 Å². The van der Waals surface area contributed by atoms with E-state index in [2.05, 4.69) is 24.1 Å². The lowest BCUT2D eigenvalue weighted by atomic mass is 10.1. The molecular formula is C22H24N2O2S. The number of benzene rings is 2. The minimum atomic E-state index is -0.0983. The van der Waals surface area contributed by atoms with Crippen LogP contribution in [0.2, 0.25) is 0 Å². The molecule has 0 bridgehead atoms. The minimum Gasteiger partial charge on any atom is -0.486 e. The van der Waals surface area contributed by atoms with E-state index < -0.39 is 0 Å². The first-order valence-electron chi connectivity index (χ1n) is 8.96. The van der Waals surface area contributed by atoms with E-state index in [0.29, 0.717) is 11.5 Å². The van der Waals surface area contributed by atoms with Crippen LogP contribution in [-0.2, 0) is 6.61 Å². The lowest BCUT2D eigenvalue weighted by Crippen LogP contribution is -2.26. The molecule has 3 aromatic rings. The van der Waals surface area contributed by atoms with Gasteiger partial charge in [0, 0.05) is 0 Å². The average Bonchev–Trinajstić information content (AvgIpc) is 3.04. The van der Waals surface area contributed by atoms with Crippen LogP contribution < -0.4 is 10.1 Å². The van der Waals surface area contributed by atoms with Gasteiger partial charge in [-0.05, 0) is 56.5 Å². The van der Waals surface area contributed by atoms with Crippen molar-refractivity contribution in [3.05, 3.63) is 80.8 Å². The summed E-state index contributed by atoms with van der Waals surface area (Å²) in [6, 6.07) is 15.9. The monoisotopic (exact) mass is 380 g/mol. The number of carbonyl (C=O) groups excluding carboxylic acids is 1. The largest absolute Gasteiger partial charge is 0.486 e. The standard InChI is InChI=1S/C22H24N2O2S/c1-14-10-11-19(12-15(14)2)26-13-20-23-17(4)21(27-20)22(25)24-16(3)18-8-6-5-7-9-18/h5-12,16H,13H2,1-4H3,(H,24,25)/t16-/m0/s1. The Morgan fingerprint density at radius 3 is 2.56 bits per heavy atom. The van der Waals surface area contributed by atoms with Crippen molar-refractivity contribution < 1.29 is 9.53 Å². The number of nitrogens with one attached hydrogen (secondary N) is 1. The summed E-state index contributed by atoms with van der Waals surface area (Å²) in [4.78, 5) is 17.8. The molecule has 0 saturated carbocycles. The number of carbonyl (C=O) groups is 1. The van der Waals surface area contributed by atoms with Gasteiger partial charge in [0.1, 0.15) is 22.2 Å². The Bertz CT molecular complexity index is 935. The smallest absolute Gasteiger partial charge is 0.263 e. The zero-order chi connectivity index (χ0) is 19.4. The van der Waals surface area contributed by atoms with Crippen LogP contribution in [0.5, 0.6) is 5.75 Å². The maximum atomic E-state index is 12.6. The molecule has 1 amide bonds. The molecule has 1 aromatic heterocycles. The minimum absolute atomic E-state index is 0.0598. The maximum absolute atomic E-state index is 12.6. The number of rotatable bonds is 6. The number of hydrogen-bond acceptors (Lipinski definition) is 4. The van der Waals surface area contributed by atoms with Gasteiger partial charge in [-0.3, -0.25) is 4.79 Å². The summed E-state index contributed by atoms with van der Waals surface area (Å²) in [5, 5.41) is 3.84. The second-order valence-electron chi connectivity index (χ2n) is 6.66. The molecule has 0 spiro atoms. The maximum Gasteiger partial charge on any atom is 0.263 e. The summed E-state index contributed by atoms with van der Waals surface area (Å²) in [7, 11) is 0. The van der Waals surface area contributed by atoms with Gasteiger partial charge in [-0.1, -0.05) is 36.4 Å². The van der Waals surface area contributed by atoms with Crippen LogP contribution in [0.3, 0.4) is 0 Å². The Kier molecular flexibility index (Phi) is 5.91. The highest BCUT2D eigenvalue weighted by atomic mass is 32.1. The van der Waals surface area contributed by atoms with E-state index in [-0.39, 0.29) is 11.9 Å². The fourth-order valence-corrected chi connectivity index (χ4v) is 3.64. The molecule has 2 aromatic carbocycles. The topological polar surface area (TPSA) is 51.2 Å².